The van der Waals surface area contributed by atoms with Gasteiger partial charge in [0.05, 0.1) is 25.3 Å². The number of nitrogens with zero attached hydrogens (tertiary/aromatic N) is 1. The van der Waals surface area contributed by atoms with Crippen molar-refractivity contribution in [2.45, 2.75) is 19.9 Å². The Morgan fingerprint density at radius 1 is 1.22 bits per heavy atom. The maximum atomic E-state index is 12.2. The molecule has 0 aliphatic carbocycles. The second kappa shape index (κ2) is 9.82. The van der Waals surface area contributed by atoms with Crippen molar-refractivity contribution >= 4 is 12.0 Å². The van der Waals surface area contributed by atoms with Crippen LogP contribution in [0.4, 0.5) is 4.79 Å². The highest BCUT2D eigenvalue weighted by atomic mass is 16.5. The number of hydrogen-bond acceptors (Lipinski definition) is 6. The van der Waals surface area contributed by atoms with Gasteiger partial charge in [-0.15, -0.1) is 0 Å². The molecule has 8 nitrogen and oxygen atoms in total. The maximum Gasteiger partial charge on any atom is 0.337 e. The van der Waals surface area contributed by atoms with E-state index >= 15 is 0 Å². The minimum absolute atomic E-state index is 0.280. The van der Waals surface area contributed by atoms with E-state index in [1.54, 1.807) is 21.0 Å². The Labute approximate surface area is 159 Å². The second-order valence-electron chi connectivity index (χ2n) is 6.19. The van der Waals surface area contributed by atoms with Gasteiger partial charge in [-0.25, -0.2) is 9.59 Å². The molecule has 1 heterocycles. The van der Waals surface area contributed by atoms with Crippen LogP contribution in [-0.4, -0.2) is 63.4 Å². The lowest BCUT2D eigenvalue weighted by Gasteiger charge is -2.29. The first-order chi connectivity index (χ1) is 12.9. The number of carbonyl (C=O) groups excluding carboxylic acids is 2. The van der Waals surface area contributed by atoms with Crippen molar-refractivity contribution in [1.29, 1.82) is 0 Å². The van der Waals surface area contributed by atoms with Gasteiger partial charge >= 0.3 is 12.0 Å². The van der Waals surface area contributed by atoms with Crippen LogP contribution in [0.2, 0.25) is 0 Å². The normalized spacial score (nSPS) is 16.6. The molecule has 0 radical (unpaired) electrons. The number of methoxy groups -OCH3 is 1. The van der Waals surface area contributed by atoms with Gasteiger partial charge in [-0.1, -0.05) is 0 Å². The molecule has 0 fully saturated rings. The quantitative estimate of drug-likeness (QED) is 0.635. The molecule has 0 aromatic heterocycles. The van der Waals surface area contributed by atoms with Crippen LogP contribution in [0.3, 0.4) is 0 Å². The van der Waals surface area contributed by atoms with Crippen molar-refractivity contribution < 1.29 is 23.8 Å². The molecule has 2 N–H and O–H groups in total. The lowest BCUT2D eigenvalue weighted by atomic mass is 10.0. The number of amides is 2. The first kappa shape index (κ1) is 20.6. The third kappa shape index (κ3) is 5.89. The molecule has 1 aliphatic heterocycles. The molecule has 148 valence electrons. The van der Waals surface area contributed by atoms with Crippen LogP contribution in [0, 0.1) is 0 Å². The summed E-state index contributed by atoms with van der Waals surface area (Å²) in [5.74, 6) is 1.10. The van der Waals surface area contributed by atoms with Crippen LogP contribution in [0.25, 0.3) is 0 Å². The molecule has 1 aromatic rings. The van der Waals surface area contributed by atoms with Crippen LogP contribution in [-0.2, 0) is 9.53 Å². The number of esters is 1. The maximum absolute atomic E-state index is 12.2. The largest absolute Gasteiger partial charge is 0.497 e. The Balaban J connectivity index is 1.94. The summed E-state index contributed by atoms with van der Waals surface area (Å²) in [6.45, 7) is 5.27. The van der Waals surface area contributed by atoms with Crippen molar-refractivity contribution in [2.75, 3.05) is 40.5 Å². The summed E-state index contributed by atoms with van der Waals surface area (Å²) in [7, 11) is 3.51. The van der Waals surface area contributed by atoms with Gasteiger partial charge in [0, 0.05) is 18.8 Å². The number of benzene rings is 1. The molecule has 0 saturated heterocycles. The lowest BCUT2D eigenvalue weighted by Crippen LogP contribution is -2.51. The van der Waals surface area contributed by atoms with Gasteiger partial charge < -0.3 is 24.8 Å². The van der Waals surface area contributed by atoms with Crippen molar-refractivity contribution in [3.05, 3.63) is 35.5 Å². The summed E-state index contributed by atoms with van der Waals surface area (Å²) in [5.41, 5.74) is 0.996. The summed E-state index contributed by atoms with van der Waals surface area (Å²) in [5, 5.41) is 5.40. The van der Waals surface area contributed by atoms with Gasteiger partial charge in [-0.3, -0.25) is 4.90 Å². The highest BCUT2D eigenvalue weighted by Crippen LogP contribution is 2.17. The molecule has 27 heavy (non-hydrogen) atoms. The number of nitrogens with one attached hydrogen (secondary N) is 2. The molecule has 2 rings (SSSR count). The number of likely N-dealkylation sites (N-methyl/N-ethyl adjacent to an activating group) is 1. The Kier molecular flexibility index (Phi) is 7.48. The topological polar surface area (TPSA) is 89.1 Å². The standard InChI is InChI=1S/C19H27N3O5/c1-5-26-18(23)17-13(2)20-19(24)21-16(17)12-22(3)10-11-27-15-8-6-14(25-4)7-9-15/h6-9,13H,5,10-12H2,1-4H3,(H2,20,21,24)/t13-/m1/s1. The summed E-state index contributed by atoms with van der Waals surface area (Å²) in [4.78, 5) is 26.0. The van der Waals surface area contributed by atoms with Crippen LogP contribution in [0.5, 0.6) is 11.5 Å². The molecular formula is C19H27N3O5. The molecule has 0 bridgehead atoms. The van der Waals surface area contributed by atoms with Crippen LogP contribution in [0.1, 0.15) is 13.8 Å². The van der Waals surface area contributed by atoms with Crippen LogP contribution in [0.15, 0.2) is 35.5 Å². The first-order valence-electron chi connectivity index (χ1n) is 8.87. The fourth-order valence-corrected chi connectivity index (χ4v) is 2.74. The molecule has 8 heteroatoms. The highest BCUT2D eigenvalue weighted by molar-refractivity contribution is 5.94. The molecule has 2 amide bonds. The van der Waals surface area contributed by atoms with Gasteiger partial charge in [0.2, 0.25) is 0 Å². The molecule has 0 saturated carbocycles. The predicted molar refractivity (Wildman–Crippen MR) is 101 cm³/mol. The van der Waals surface area contributed by atoms with E-state index in [2.05, 4.69) is 10.6 Å². The summed E-state index contributed by atoms with van der Waals surface area (Å²) < 4.78 is 15.9. The van der Waals surface area contributed by atoms with E-state index in [4.69, 9.17) is 14.2 Å². The molecule has 0 unspecified atom stereocenters. The Morgan fingerprint density at radius 3 is 2.52 bits per heavy atom. The smallest absolute Gasteiger partial charge is 0.337 e. The molecule has 0 spiro atoms. The third-order valence-electron chi connectivity index (χ3n) is 4.09. The van der Waals surface area contributed by atoms with E-state index in [-0.39, 0.29) is 12.6 Å². The van der Waals surface area contributed by atoms with Crippen LogP contribution >= 0.6 is 0 Å². The van der Waals surface area contributed by atoms with Gasteiger partial charge in [0.15, 0.2) is 0 Å². The molecular weight excluding hydrogens is 350 g/mol. The fraction of sp³-hybridized carbons (Fsp3) is 0.474. The van der Waals surface area contributed by atoms with Crippen molar-refractivity contribution in [3.63, 3.8) is 0 Å². The van der Waals surface area contributed by atoms with Gasteiger partial charge in [-0.2, -0.15) is 0 Å². The average Bonchev–Trinajstić information content (AvgIpc) is 2.62. The predicted octanol–water partition coefficient (Wildman–Crippen LogP) is 1.52. The first-order valence-corrected chi connectivity index (χ1v) is 8.87. The van der Waals surface area contributed by atoms with Gasteiger partial charge in [0.25, 0.3) is 0 Å². The average molecular weight is 377 g/mol. The monoisotopic (exact) mass is 377 g/mol. The zero-order valence-corrected chi connectivity index (χ0v) is 16.2. The third-order valence-corrected chi connectivity index (χ3v) is 4.09. The van der Waals surface area contributed by atoms with E-state index in [1.165, 1.54) is 0 Å². The van der Waals surface area contributed by atoms with E-state index < -0.39 is 12.0 Å². The number of ether oxygens (including phenoxy) is 3. The van der Waals surface area contributed by atoms with Crippen molar-refractivity contribution in [1.82, 2.24) is 15.5 Å². The zero-order valence-electron chi connectivity index (χ0n) is 16.2. The minimum Gasteiger partial charge on any atom is -0.497 e. The second-order valence-corrected chi connectivity index (χ2v) is 6.19. The van der Waals surface area contributed by atoms with Crippen molar-refractivity contribution in [2.24, 2.45) is 0 Å². The highest BCUT2D eigenvalue weighted by Gasteiger charge is 2.29. The van der Waals surface area contributed by atoms with Gasteiger partial charge in [-0.05, 0) is 45.2 Å². The lowest BCUT2D eigenvalue weighted by molar-refractivity contribution is -0.139. The molecule has 1 atom stereocenters. The minimum atomic E-state index is -0.421. The summed E-state index contributed by atoms with van der Waals surface area (Å²) >= 11 is 0. The number of carbonyl (C=O) groups is 2. The molecule has 1 aliphatic rings. The zero-order chi connectivity index (χ0) is 19.8. The van der Waals surface area contributed by atoms with E-state index in [0.717, 1.165) is 11.5 Å². The van der Waals surface area contributed by atoms with E-state index in [0.29, 0.717) is 31.0 Å². The van der Waals surface area contributed by atoms with Crippen molar-refractivity contribution in [3.8, 4) is 11.5 Å². The summed E-state index contributed by atoms with van der Waals surface area (Å²) in [6, 6.07) is 6.62. The van der Waals surface area contributed by atoms with E-state index in [9.17, 15) is 9.59 Å². The Morgan fingerprint density at radius 2 is 1.89 bits per heavy atom. The van der Waals surface area contributed by atoms with Crippen LogP contribution < -0.4 is 20.1 Å². The van der Waals surface area contributed by atoms with E-state index in [1.807, 2.05) is 36.2 Å². The fourth-order valence-electron chi connectivity index (χ4n) is 2.74. The number of rotatable bonds is 9. The molecule has 1 aromatic carbocycles. The summed E-state index contributed by atoms with van der Waals surface area (Å²) in [6.07, 6.45) is 0. The Bertz CT molecular complexity index is 687. The Hall–Kier alpha value is -2.74. The van der Waals surface area contributed by atoms with Gasteiger partial charge in [0.1, 0.15) is 18.1 Å². The number of hydrogen-bond donors (Lipinski definition) is 2. The number of urea groups is 1. The SMILES string of the molecule is CCOC(=O)C1=C(CN(C)CCOc2ccc(OC)cc2)NC(=O)N[C@@H]1C.